The molecule has 8 nitrogen and oxygen atoms in total. The molecule has 28 heavy (non-hydrogen) atoms. The van der Waals surface area contributed by atoms with Gasteiger partial charge in [0.15, 0.2) is 11.6 Å². The van der Waals surface area contributed by atoms with Gasteiger partial charge in [0, 0.05) is 25.2 Å². The lowest BCUT2D eigenvalue weighted by Gasteiger charge is -2.15. The average molecular weight is 380 g/mol. The van der Waals surface area contributed by atoms with Crippen molar-refractivity contribution in [3.63, 3.8) is 0 Å². The number of rotatable bonds is 9. The summed E-state index contributed by atoms with van der Waals surface area (Å²) in [4.78, 5) is 22.5. The zero-order valence-corrected chi connectivity index (χ0v) is 16.5. The molecule has 0 bridgehead atoms. The lowest BCUT2D eigenvalue weighted by atomic mass is 10.1. The van der Waals surface area contributed by atoms with Gasteiger partial charge in [0.25, 0.3) is 0 Å². The molecular weight excluding hydrogens is 356 g/mol. The summed E-state index contributed by atoms with van der Waals surface area (Å²) in [6.45, 7) is 4.26. The predicted octanol–water partition coefficient (Wildman–Crippen LogP) is 4.65. The Balaban J connectivity index is 1.80. The third-order valence-corrected chi connectivity index (χ3v) is 3.92. The van der Waals surface area contributed by atoms with Gasteiger partial charge in [0.1, 0.15) is 0 Å². The second-order valence-corrected chi connectivity index (χ2v) is 6.35. The van der Waals surface area contributed by atoms with Crippen LogP contribution in [0.3, 0.4) is 0 Å². The predicted molar refractivity (Wildman–Crippen MR) is 107 cm³/mol. The zero-order chi connectivity index (χ0) is 20.5. The SMILES string of the molecule is CC(=O)c1ccc(N=NN(C)CCN(C)N=Nc2ccc(C(C)=O)cc2)cc1. The average Bonchev–Trinajstić information content (AvgIpc) is 2.69. The molecule has 0 heterocycles. The van der Waals surface area contributed by atoms with Crippen LogP contribution in [0.5, 0.6) is 0 Å². The van der Waals surface area contributed by atoms with Gasteiger partial charge in [-0.15, -0.1) is 10.2 Å². The van der Waals surface area contributed by atoms with E-state index in [1.807, 2.05) is 14.1 Å². The normalized spacial score (nSPS) is 11.1. The van der Waals surface area contributed by atoms with Crippen molar-refractivity contribution >= 4 is 22.9 Å². The molecule has 2 rings (SSSR count). The van der Waals surface area contributed by atoms with Gasteiger partial charge >= 0.3 is 0 Å². The summed E-state index contributed by atoms with van der Waals surface area (Å²) >= 11 is 0. The molecule has 0 amide bonds. The monoisotopic (exact) mass is 380 g/mol. The molecule has 0 aliphatic carbocycles. The van der Waals surface area contributed by atoms with Crippen LogP contribution in [0, 0.1) is 0 Å². The number of ketones is 2. The summed E-state index contributed by atoms with van der Waals surface area (Å²) in [6, 6.07) is 13.9. The highest BCUT2D eigenvalue weighted by Gasteiger charge is 2.01. The minimum absolute atomic E-state index is 0.0209. The molecule has 0 saturated carbocycles. The van der Waals surface area contributed by atoms with Crippen LogP contribution in [0.1, 0.15) is 34.6 Å². The van der Waals surface area contributed by atoms with Gasteiger partial charge in [-0.2, -0.15) is 0 Å². The number of hydrogen-bond donors (Lipinski definition) is 0. The van der Waals surface area contributed by atoms with Gasteiger partial charge in [0.05, 0.1) is 24.5 Å². The highest BCUT2D eigenvalue weighted by Crippen LogP contribution is 2.15. The molecular formula is C20H24N6O2. The van der Waals surface area contributed by atoms with Crippen molar-refractivity contribution in [1.29, 1.82) is 0 Å². The molecule has 0 aliphatic rings. The number of benzene rings is 2. The molecule has 8 heteroatoms. The maximum atomic E-state index is 11.3. The molecule has 2 aromatic carbocycles. The molecule has 0 N–H and O–H groups in total. The first-order valence-electron chi connectivity index (χ1n) is 8.83. The van der Waals surface area contributed by atoms with Crippen molar-refractivity contribution in [1.82, 2.24) is 10.0 Å². The first kappa shape index (κ1) is 20.9. The van der Waals surface area contributed by atoms with Crippen LogP contribution in [-0.4, -0.2) is 48.8 Å². The topological polar surface area (TPSA) is 90.1 Å². The molecule has 0 fully saturated rings. The smallest absolute Gasteiger partial charge is 0.159 e. The van der Waals surface area contributed by atoms with Crippen LogP contribution < -0.4 is 0 Å². The van der Waals surface area contributed by atoms with Gasteiger partial charge in [-0.3, -0.25) is 19.6 Å². The Hall–Kier alpha value is -3.42. The Morgan fingerprint density at radius 2 is 1.00 bits per heavy atom. The Kier molecular flexibility index (Phi) is 7.50. The third-order valence-electron chi connectivity index (χ3n) is 3.92. The number of nitrogens with zero attached hydrogens (tertiary/aromatic N) is 6. The van der Waals surface area contributed by atoms with Crippen LogP contribution in [0.25, 0.3) is 0 Å². The number of Topliss-reactive ketones (excluding diaryl/α,β-unsaturated/α-hetero) is 2. The lowest BCUT2D eigenvalue weighted by Crippen LogP contribution is -2.24. The minimum Gasteiger partial charge on any atom is -0.295 e. The summed E-state index contributed by atoms with van der Waals surface area (Å²) in [6.07, 6.45) is 0. The van der Waals surface area contributed by atoms with E-state index in [4.69, 9.17) is 0 Å². The number of carbonyl (C=O) groups excluding carboxylic acids is 2. The molecule has 0 aliphatic heterocycles. The summed E-state index contributed by atoms with van der Waals surface area (Å²) in [5.74, 6) is 0.0419. The molecule has 146 valence electrons. The second-order valence-electron chi connectivity index (χ2n) is 6.35. The molecule has 0 aromatic heterocycles. The van der Waals surface area contributed by atoms with Gasteiger partial charge in [0.2, 0.25) is 0 Å². The maximum absolute atomic E-state index is 11.3. The third kappa shape index (κ3) is 6.71. The van der Waals surface area contributed by atoms with Gasteiger partial charge < -0.3 is 0 Å². The summed E-state index contributed by atoms with van der Waals surface area (Å²) < 4.78 is 0. The van der Waals surface area contributed by atoms with Crippen LogP contribution in [0.4, 0.5) is 11.4 Å². The van der Waals surface area contributed by atoms with Crippen molar-refractivity contribution in [3.8, 4) is 0 Å². The Bertz CT molecular complexity index is 786. The van der Waals surface area contributed by atoms with Gasteiger partial charge in [-0.1, -0.05) is 10.4 Å². The molecule has 0 spiro atoms. The van der Waals surface area contributed by atoms with E-state index in [1.165, 1.54) is 13.8 Å². The summed E-state index contributed by atoms with van der Waals surface area (Å²) in [5.41, 5.74) is 2.66. The van der Waals surface area contributed by atoms with E-state index in [1.54, 1.807) is 58.5 Å². The molecule has 0 unspecified atom stereocenters. The first-order valence-corrected chi connectivity index (χ1v) is 8.83. The quantitative estimate of drug-likeness (QED) is 0.360. The van der Waals surface area contributed by atoms with E-state index in [0.29, 0.717) is 35.6 Å². The molecule has 0 radical (unpaired) electrons. The van der Waals surface area contributed by atoms with Crippen LogP contribution in [0.15, 0.2) is 69.2 Å². The second kappa shape index (κ2) is 10.1. The van der Waals surface area contributed by atoms with Crippen molar-refractivity contribution in [2.45, 2.75) is 13.8 Å². The zero-order valence-electron chi connectivity index (χ0n) is 16.5. The molecule has 0 saturated heterocycles. The van der Waals surface area contributed by atoms with E-state index < -0.39 is 0 Å². The van der Waals surface area contributed by atoms with Crippen LogP contribution in [-0.2, 0) is 0 Å². The highest BCUT2D eigenvalue weighted by atomic mass is 16.1. The van der Waals surface area contributed by atoms with Gasteiger partial charge in [-0.05, 0) is 62.4 Å². The first-order chi connectivity index (χ1) is 13.3. The van der Waals surface area contributed by atoms with Crippen molar-refractivity contribution in [2.24, 2.45) is 20.7 Å². The largest absolute Gasteiger partial charge is 0.295 e. The fourth-order valence-electron chi connectivity index (χ4n) is 2.16. The van der Waals surface area contributed by atoms with E-state index in [9.17, 15) is 9.59 Å². The van der Waals surface area contributed by atoms with E-state index in [0.717, 1.165) is 0 Å². The maximum Gasteiger partial charge on any atom is 0.159 e. The van der Waals surface area contributed by atoms with E-state index >= 15 is 0 Å². The summed E-state index contributed by atoms with van der Waals surface area (Å²) in [5, 5.41) is 19.9. The standard InChI is InChI=1S/C20H24N6O2/c1-15(27)17-5-9-19(10-6-17)21-23-25(3)13-14-26(4)24-22-20-11-7-18(8-12-20)16(2)28/h5-12H,13-14H2,1-4H3. The van der Waals surface area contributed by atoms with E-state index in [2.05, 4.69) is 20.7 Å². The minimum atomic E-state index is 0.0209. The highest BCUT2D eigenvalue weighted by molar-refractivity contribution is 5.94. The summed E-state index contributed by atoms with van der Waals surface area (Å²) in [7, 11) is 3.64. The number of carbonyl (C=O) groups is 2. The Morgan fingerprint density at radius 1 is 0.679 bits per heavy atom. The Morgan fingerprint density at radius 3 is 1.29 bits per heavy atom. The fraction of sp³-hybridized carbons (Fsp3) is 0.300. The van der Waals surface area contributed by atoms with Crippen molar-refractivity contribution in [2.75, 3.05) is 27.2 Å². The van der Waals surface area contributed by atoms with E-state index in [-0.39, 0.29) is 11.6 Å². The molecule has 2 aromatic rings. The number of hydrogen-bond acceptors (Lipinski definition) is 6. The fourth-order valence-corrected chi connectivity index (χ4v) is 2.16. The van der Waals surface area contributed by atoms with Gasteiger partial charge in [-0.25, -0.2) is 0 Å². The van der Waals surface area contributed by atoms with Crippen LogP contribution >= 0.6 is 0 Å². The lowest BCUT2D eigenvalue weighted by molar-refractivity contribution is 0.100. The number of likely N-dealkylation sites (N-methyl/N-ethyl adjacent to an activating group) is 2. The molecule has 0 atom stereocenters. The van der Waals surface area contributed by atoms with Crippen molar-refractivity contribution < 1.29 is 9.59 Å². The Labute approximate surface area is 164 Å². The van der Waals surface area contributed by atoms with Crippen LogP contribution in [0.2, 0.25) is 0 Å². The van der Waals surface area contributed by atoms with Crippen molar-refractivity contribution in [3.05, 3.63) is 59.7 Å².